The van der Waals surface area contributed by atoms with E-state index in [-0.39, 0.29) is 42.5 Å². The molecule has 1 N–H and O–H groups in total. The van der Waals surface area contributed by atoms with Crippen molar-refractivity contribution in [1.82, 2.24) is 19.8 Å². The number of aromatic nitrogens is 2. The molecule has 0 bridgehead atoms. The Morgan fingerprint density at radius 1 is 1.14 bits per heavy atom. The Hall–Kier alpha value is -2.96. The summed E-state index contributed by atoms with van der Waals surface area (Å²) in [5, 5.41) is 3.02. The molecular weight excluding hydrogens is 368 g/mol. The largest absolute Gasteiger partial charge is 0.342 e. The summed E-state index contributed by atoms with van der Waals surface area (Å²) in [5.74, 6) is -0.0402. The maximum absolute atomic E-state index is 12.7. The number of fused-ring (bicyclic) bond motifs is 1. The van der Waals surface area contributed by atoms with Gasteiger partial charge in [0.05, 0.1) is 11.8 Å². The number of carbonyl (C=O) groups excluding carboxylic acids is 3. The Balaban J connectivity index is 1.43. The van der Waals surface area contributed by atoms with Gasteiger partial charge in [-0.2, -0.15) is 0 Å². The van der Waals surface area contributed by atoms with Gasteiger partial charge in [0.1, 0.15) is 11.9 Å². The molecule has 2 fully saturated rings. The number of rotatable bonds is 6. The summed E-state index contributed by atoms with van der Waals surface area (Å²) in [5.41, 5.74) is 0.925. The third-order valence-electron chi connectivity index (χ3n) is 6.05. The molecule has 7 nitrogen and oxygen atoms in total. The van der Waals surface area contributed by atoms with Crippen LogP contribution in [0.25, 0.3) is 0 Å². The molecule has 0 unspecified atom stereocenters. The predicted octanol–water partition coefficient (Wildman–Crippen LogP) is 2.19. The van der Waals surface area contributed by atoms with Gasteiger partial charge in [0, 0.05) is 32.4 Å². The third kappa shape index (κ3) is 3.81. The summed E-state index contributed by atoms with van der Waals surface area (Å²) in [6.45, 7) is 0.137. The fourth-order valence-electron chi connectivity index (χ4n) is 4.50. The number of hydrogen-bond acceptors (Lipinski definition) is 4. The van der Waals surface area contributed by atoms with Crippen LogP contribution in [0.2, 0.25) is 0 Å². The van der Waals surface area contributed by atoms with Crippen LogP contribution in [-0.4, -0.2) is 38.7 Å². The number of nitrogens with one attached hydrogen (secondary N) is 1. The first-order valence-corrected chi connectivity index (χ1v) is 10.2. The normalized spacial score (nSPS) is 22.4. The minimum Gasteiger partial charge on any atom is -0.342 e. The van der Waals surface area contributed by atoms with E-state index in [0.717, 1.165) is 37.1 Å². The molecule has 0 spiro atoms. The van der Waals surface area contributed by atoms with Crippen LogP contribution in [0.1, 0.15) is 49.5 Å². The van der Waals surface area contributed by atoms with Crippen LogP contribution in [0, 0.1) is 11.8 Å². The molecule has 1 aliphatic heterocycles. The number of imidazole rings is 1. The van der Waals surface area contributed by atoms with Gasteiger partial charge in [-0.3, -0.25) is 19.3 Å². The summed E-state index contributed by atoms with van der Waals surface area (Å²) >= 11 is 0. The molecule has 2 aliphatic rings. The van der Waals surface area contributed by atoms with E-state index in [1.54, 1.807) is 6.20 Å². The van der Waals surface area contributed by atoms with Crippen molar-refractivity contribution >= 4 is 17.7 Å². The number of benzene rings is 1. The molecule has 29 heavy (non-hydrogen) atoms. The Morgan fingerprint density at radius 3 is 2.38 bits per heavy atom. The average molecular weight is 394 g/mol. The molecule has 4 rings (SSSR count). The van der Waals surface area contributed by atoms with Crippen LogP contribution in [-0.2, 0) is 21.4 Å². The summed E-state index contributed by atoms with van der Waals surface area (Å²) in [6.07, 6.45) is 7.18. The van der Waals surface area contributed by atoms with Gasteiger partial charge in [-0.25, -0.2) is 4.98 Å². The van der Waals surface area contributed by atoms with E-state index in [1.165, 1.54) is 4.90 Å². The maximum atomic E-state index is 12.7. The Labute approximate surface area is 170 Å². The Kier molecular flexibility index (Phi) is 5.47. The first-order chi connectivity index (χ1) is 14.1. The van der Waals surface area contributed by atoms with Crippen LogP contribution < -0.4 is 5.32 Å². The number of aryl methyl sites for hydroxylation is 1. The summed E-state index contributed by atoms with van der Waals surface area (Å²) in [4.78, 5) is 43.6. The highest BCUT2D eigenvalue weighted by molar-refractivity contribution is 6.05. The van der Waals surface area contributed by atoms with E-state index in [2.05, 4.69) is 10.3 Å². The van der Waals surface area contributed by atoms with E-state index in [9.17, 15) is 14.4 Å². The fraction of sp³-hybridized carbons (Fsp3) is 0.455. The van der Waals surface area contributed by atoms with Crippen molar-refractivity contribution in [3.05, 3.63) is 54.1 Å². The minimum absolute atomic E-state index is 0.0880. The molecule has 0 radical (unpaired) electrons. The van der Waals surface area contributed by atoms with Gasteiger partial charge in [0.25, 0.3) is 0 Å². The van der Waals surface area contributed by atoms with Crippen molar-refractivity contribution < 1.29 is 14.4 Å². The highest BCUT2D eigenvalue weighted by Gasteiger charge is 2.47. The van der Waals surface area contributed by atoms with Crippen molar-refractivity contribution in [1.29, 1.82) is 0 Å². The van der Waals surface area contributed by atoms with Gasteiger partial charge in [-0.15, -0.1) is 0 Å². The van der Waals surface area contributed by atoms with Crippen molar-refractivity contribution in [2.24, 2.45) is 18.9 Å². The van der Waals surface area contributed by atoms with Crippen molar-refractivity contribution in [3.63, 3.8) is 0 Å². The summed E-state index contributed by atoms with van der Waals surface area (Å²) in [6, 6.07) is 9.25. The summed E-state index contributed by atoms with van der Waals surface area (Å²) < 4.78 is 1.87. The fourth-order valence-corrected chi connectivity index (χ4v) is 4.50. The van der Waals surface area contributed by atoms with E-state index in [1.807, 2.05) is 48.1 Å². The van der Waals surface area contributed by atoms with Crippen LogP contribution in [0.4, 0.5) is 0 Å². The molecule has 152 valence electrons. The lowest BCUT2D eigenvalue weighted by atomic mass is 9.81. The molecule has 3 amide bonds. The number of amides is 3. The smallest absolute Gasteiger partial charge is 0.233 e. The second kappa shape index (κ2) is 8.19. The number of likely N-dealkylation sites (tertiary alicyclic amines) is 1. The van der Waals surface area contributed by atoms with Crippen molar-refractivity contribution in [2.75, 3.05) is 6.54 Å². The van der Waals surface area contributed by atoms with Gasteiger partial charge in [-0.05, 0) is 18.4 Å². The first-order valence-electron chi connectivity index (χ1n) is 10.2. The lowest BCUT2D eigenvalue weighted by Gasteiger charge is -2.20. The molecule has 1 saturated heterocycles. The third-order valence-corrected chi connectivity index (χ3v) is 6.05. The number of carbonyl (C=O) groups is 3. The molecule has 2 heterocycles. The average Bonchev–Trinajstić information content (AvgIpc) is 3.27. The second-order valence-corrected chi connectivity index (χ2v) is 7.88. The number of hydrogen-bond donors (Lipinski definition) is 1. The zero-order valence-corrected chi connectivity index (χ0v) is 16.6. The molecule has 1 saturated carbocycles. The Bertz CT molecular complexity index is 884. The highest BCUT2D eigenvalue weighted by Crippen LogP contribution is 2.38. The van der Waals surface area contributed by atoms with Crippen LogP contribution >= 0.6 is 0 Å². The zero-order valence-electron chi connectivity index (χ0n) is 16.6. The lowest BCUT2D eigenvalue weighted by Crippen LogP contribution is -2.37. The van der Waals surface area contributed by atoms with Gasteiger partial charge < -0.3 is 9.88 Å². The highest BCUT2D eigenvalue weighted by atomic mass is 16.2. The monoisotopic (exact) mass is 394 g/mol. The number of nitrogens with zero attached hydrogens (tertiary/aromatic N) is 3. The summed E-state index contributed by atoms with van der Waals surface area (Å²) in [7, 11) is 1.88. The van der Waals surface area contributed by atoms with E-state index in [0.29, 0.717) is 0 Å². The molecule has 1 aromatic heterocycles. The molecule has 7 heteroatoms. The van der Waals surface area contributed by atoms with E-state index in [4.69, 9.17) is 0 Å². The van der Waals surface area contributed by atoms with E-state index >= 15 is 0 Å². The van der Waals surface area contributed by atoms with Crippen molar-refractivity contribution in [2.45, 2.75) is 38.1 Å². The Morgan fingerprint density at radius 2 is 1.79 bits per heavy atom. The van der Waals surface area contributed by atoms with Gasteiger partial charge >= 0.3 is 0 Å². The minimum atomic E-state index is -0.392. The lowest BCUT2D eigenvalue weighted by molar-refractivity contribution is -0.140. The molecule has 2 aromatic rings. The molecular formula is C22H26N4O3. The zero-order chi connectivity index (χ0) is 20.4. The van der Waals surface area contributed by atoms with Gasteiger partial charge in [-0.1, -0.05) is 43.2 Å². The predicted molar refractivity (Wildman–Crippen MR) is 106 cm³/mol. The van der Waals surface area contributed by atoms with Crippen molar-refractivity contribution in [3.8, 4) is 0 Å². The second-order valence-electron chi connectivity index (χ2n) is 7.88. The quantitative estimate of drug-likeness (QED) is 0.761. The standard InChI is InChI=1S/C22H26N4O3/c1-25-14-12-23-20(25)19(15-7-3-2-4-8-15)24-18(27)11-13-26-21(28)16-9-5-6-10-17(16)22(26)29/h2-4,7-8,12,14,16-17,19H,5-6,9-11,13H2,1H3,(H,24,27)/t16-,17-,19+/m0/s1. The number of imide groups is 1. The van der Waals surface area contributed by atoms with Gasteiger partial charge in [0.15, 0.2) is 0 Å². The van der Waals surface area contributed by atoms with Crippen LogP contribution in [0.3, 0.4) is 0 Å². The topological polar surface area (TPSA) is 84.3 Å². The molecule has 1 aromatic carbocycles. The van der Waals surface area contributed by atoms with E-state index < -0.39 is 6.04 Å². The first kappa shape index (κ1) is 19.4. The van der Waals surface area contributed by atoms with Crippen LogP contribution in [0.15, 0.2) is 42.7 Å². The van der Waals surface area contributed by atoms with Gasteiger partial charge in [0.2, 0.25) is 17.7 Å². The molecule has 3 atom stereocenters. The SMILES string of the molecule is Cn1ccnc1[C@H](NC(=O)CCN1C(=O)[C@H]2CCCC[C@@H]2C1=O)c1ccccc1. The maximum Gasteiger partial charge on any atom is 0.233 e. The molecule has 1 aliphatic carbocycles. The van der Waals surface area contributed by atoms with Crippen LogP contribution in [0.5, 0.6) is 0 Å².